The van der Waals surface area contributed by atoms with E-state index in [2.05, 4.69) is 55.2 Å². The van der Waals surface area contributed by atoms with Gasteiger partial charge in [-0.05, 0) is 37.1 Å². The monoisotopic (exact) mass is 330 g/mol. The third-order valence-corrected chi connectivity index (χ3v) is 5.03. The Labute approximate surface area is 148 Å². The highest BCUT2D eigenvalue weighted by Crippen LogP contribution is 2.27. The molecule has 0 saturated heterocycles. The summed E-state index contributed by atoms with van der Waals surface area (Å²) in [4.78, 5) is 18.1. The van der Waals surface area contributed by atoms with Crippen molar-refractivity contribution in [2.75, 3.05) is 6.54 Å². The molecule has 126 valence electrons. The van der Waals surface area contributed by atoms with Crippen molar-refractivity contribution >= 4 is 22.9 Å². The number of hydrogen-bond acceptors (Lipinski definition) is 1. The van der Waals surface area contributed by atoms with Crippen LogP contribution in [0.1, 0.15) is 27.9 Å². The van der Waals surface area contributed by atoms with Crippen LogP contribution in [0, 0.1) is 13.8 Å². The van der Waals surface area contributed by atoms with Crippen LogP contribution in [0.2, 0.25) is 0 Å². The smallest absolute Gasteiger partial charge is 0.246 e. The molecule has 4 rings (SSSR count). The van der Waals surface area contributed by atoms with Crippen LogP contribution in [0.15, 0.2) is 48.5 Å². The quantitative estimate of drug-likeness (QED) is 0.695. The number of benzene rings is 2. The summed E-state index contributed by atoms with van der Waals surface area (Å²) in [6.07, 6.45) is 4.52. The van der Waals surface area contributed by atoms with Gasteiger partial charge in [0.05, 0.1) is 0 Å². The largest absolute Gasteiger partial charge is 0.358 e. The minimum atomic E-state index is 0.0795. The number of nitrogens with zero attached hydrogens (tertiary/aromatic N) is 1. The number of hydrogen-bond donors (Lipinski definition) is 1. The van der Waals surface area contributed by atoms with Crippen LogP contribution in [0.4, 0.5) is 0 Å². The zero-order valence-corrected chi connectivity index (χ0v) is 14.7. The second-order valence-corrected chi connectivity index (χ2v) is 6.83. The van der Waals surface area contributed by atoms with Crippen molar-refractivity contribution in [2.45, 2.75) is 26.8 Å². The number of carbonyl (C=O) groups is 1. The molecule has 1 aliphatic heterocycles. The molecule has 3 aromatic rings. The SMILES string of the molecule is Cc1ccc(C=CC(=O)N2CCc3[nH]c4ccccc4c3C2)c(C)c1. The van der Waals surface area contributed by atoms with Gasteiger partial charge in [0.1, 0.15) is 0 Å². The number of para-hydroxylation sites is 1. The lowest BCUT2D eigenvalue weighted by Gasteiger charge is -2.26. The maximum absolute atomic E-state index is 12.6. The van der Waals surface area contributed by atoms with Gasteiger partial charge in [-0.2, -0.15) is 0 Å². The summed E-state index contributed by atoms with van der Waals surface area (Å²) in [6, 6.07) is 14.6. The van der Waals surface area contributed by atoms with Crippen molar-refractivity contribution in [3.05, 3.63) is 76.5 Å². The molecule has 1 N–H and O–H groups in total. The van der Waals surface area contributed by atoms with E-state index in [9.17, 15) is 4.79 Å². The van der Waals surface area contributed by atoms with Gasteiger partial charge in [-0.25, -0.2) is 0 Å². The third kappa shape index (κ3) is 2.98. The van der Waals surface area contributed by atoms with Crippen molar-refractivity contribution in [1.82, 2.24) is 9.88 Å². The van der Waals surface area contributed by atoms with Crippen LogP contribution < -0.4 is 0 Å². The molecule has 0 bridgehead atoms. The molecule has 1 amide bonds. The Bertz CT molecular complexity index is 981. The van der Waals surface area contributed by atoms with Crippen LogP contribution in [-0.2, 0) is 17.8 Å². The van der Waals surface area contributed by atoms with Crippen molar-refractivity contribution in [3.8, 4) is 0 Å². The Hall–Kier alpha value is -2.81. The number of amides is 1. The van der Waals surface area contributed by atoms with Crippen LogP contribution in [-0.4, -0.2) is 22.3 Å². The van der Waals surface area contributed by atoms with Crippen molar-refractivity contribution < 1.29 is 4.79 Å². The lowest BCUT2D eigenvalue weighted by Crippen LogP contribution is -2.34. The molecule has 2 heterocycles. The Morgan fingerprint density at radius 2 is 2.00 bits per heavy atom. The molecule has 1 aromatic heterocycles. The summed E-state index contributed by atoms with van der Waals surface area (Å²) >= 11 is 0. The van der Waals surface area contributed by atoms with Crippen molar-refractivity contribution in [3.63, 3.8) is 0 Å². The van der Waals surface area contributed by atoms with E-state index in [0.717, 1.165) is 24.0 Å². The molecule has 0 saturated carbocycles. The number of carbonyl (C=O) groups excluding carboxylic acids is 1. The molecule has 3 heteroatoms. The lowest BCUT2D eigenvalue weighted by atomic mass is 10.0. The number of rotatable bonds is 2. The Kier molecular flexibility index (Phi) is 3.92. The molecule has 3 nitrogen and oxygen atoms in total. The molecule has 0 fully saturated rings. The number of aromatic amines is 1. The van der Waals surface area contributed by atoms with Crippen LogP contribution >= 0.6 is 0 Å². The van der Waals surface area contributed by atoms with Gasteiger partial charge in [-0.15, -0.1) is 0 Å². The predicted octanol–water partition coefficient (Wildman–Crippen LogP) is 4.38. The van der Waals surface area contributed by atoms with Gasteiger partial charge in [-0.1, -0.05) is 42.0 Å². The second kappa shape index (κ2) is 6.25. The lowest BCUT2D eigenvalue weighted by molar-refractivity contribution is -0.126. The first kappa shape index (κ1) is 15.7. The molecule has 0 spiro atoms. The summed E-state index contributed by atoms with van der Waals surface area (Å²) in [7, 11) is 0. The molecule has 2 aromatic carbocycles. The first-order chi connectivity index (χ1) is 12.1. The van der Waals surface area contributed by atoms with E-state index in [1.807, 2.05) is 17.0 Å². The van der Waals surface area contributed by atoms with E-state index >= 15 is 0 Å². The second-order valence-electron chi connectivity index (χ2n) is 6.83. The minimum absolute atomic E-state index is 0.0795. The molecule has 0 aliphatic carbocycles. The van der Waals surface area contributed by atoms with E-state index in [4.69, 9.17) is 0 Å². The number of nitrogens with one attached hydrogen (secondary N) is 1. The van der Waals surface area contributed by atoms with E-state index in [-0.39, 0.29) is 5.91 Å². The fourth-order valence-electron chi connectivity index (χ4n) is 3.63. The molecule has 0 atom stereocenters. The number of aryl methyl sites for hydroxylation is 2. The van der Waals surface area contributed by atoms with Gasteiger partial charge in [0.15, 0.2) is 0 Å². The number of aromatic nitrogens is 1. The van der Waals surface area contributed by atoms with Gasteiger partial charge in [0.2, 0.25) is 5.91 Å². The maximum atomic E-state index is 12.6. The zero-order chi connectivity index (χ0) is 17.4. The zero-order valence-electron chi connectivity index (χ0n) is 14.7. The molecule has 0 radical (unpaired) electrons. The first-order valence-electron chi connectivity index (χ1n) is 8.74. The molecule has 25 heavy (non-hydrogen) atoms. The van der Waals surface area contributed by atoms with Gasteiger partial charge in [-0.3, -0.25) is 4.79 Å². The summed E-state index contributed by atoms with van der Waals surface area (Å²) in [5.74, 6) is 0.0795. The van der Waals surface area contributed by atoms with E-state index in [1.54, 1.807) is 6.08 Å². The number of H-pyrrole nitrogens is 1. The summed E-state index contributed by atoms with van der Waals surface area (Å²) in [5.41, 5.74) is 7.22. The van der Waals surface area contributed by atoms with E-state index < -0.39 is 0 Å². The van der Waals surface area contributed by atoms with Crippen molar-refractivity contribution in [2.24, 2.45) is 0 Å². The third-order valence-electron chi connectivity index (χ3n) is 5.03. The highest BCUT2D eigenvalue weighted by Gasteiger charge is 2.22. The van der Waals surface area contributed by atoms with E-state index in [0.29, 0.717) is 6.54 Å². The van der Waals surface area contributed by atoms with Gasteiger partial charge >= 0.3 is 0 Å². The van der Waals surface area contributed by atoms with Gasteiger partial charge in [0.25, 0.3) is 0 Å². The summed E-state index contributed by atoms with van der Waals surface area (Å²) in [6.45, 7) is 5.60. The highest BCUT2D eigenvalue weighted by atomic mass is 16.2. The Morgan fingerprint density at radius 3 is 2.84 bits per heavy atom. The van der Waals surface area contributed by atoms with E-state index in [1.165, 1.54) is 27.8 Å². The summed E-state index contributed by atoms with van der Waals surface area (Å²) < 4.78 is 0. The first-order valence-corrected chi connectivity index (χ1v) is 8.74. The average Bonchev–Trinajstić information content (AvgIpc) is 2.98. The minimum Gasteiger partial charge on any atom is -0.358 e. The maximum Gasteiger partial charge on any atom is 0.246 e. The standard InChI is InChI=1S/C22H22N2O/c1-15-7-8-17(16(2)13-15)9-10-22(25)24-12-11-21-19(14-24)18-5-3-4-6-20(18)23-21/h3-10,13,23H,11-12,14H2,1-2H3. The molecule has 1 aliphatic rings. The molecular weight excluding hydrogens is 308 g/mol. The normalized spacial score (nSPS) is 14.2. The number of fused-ring (bicyclic) bond motifs is 3. The fourth-order valence-corrected chi connectivity index (χ4v) is 3.63. The van der Waals surface area contributed by atoms with Gasteiger partial charge in [0, 0.05) is 47.7 Å². The highest BCUT2D eigenvalue weighted by molar-refractivity contribution is 5.93. The fraction of sp³-hybridized carbons (Fsp3) is 0.227. The predicted molar refractivity (Wildman–Crippen MR) is 102 cm³/mol. The summed E-state index contributed by atoms with van der Waals surface area (Å²) in [5, 5.41) is 1.23. The average molecular weight is 330 g/mol. The topological polar surface area (TPSA) is 36.1 Å². The van der Waals surface area contributed by atoms with Crippen LogP contribution in [0.5, 0.6) is 0 Å². The van der Waals surface area contributed by atoms with Crippen LogP contribution in [0.25, 0.3) is 17.0 Å². The Balaban J connectivity index is 1.55. The molecule has 0 unspecified atom stereocenters. The van der Waals surface area contributed by atoms with Gasteiger partial charge < -0.3 is 9.88 Å². The molecular formula is C22H22N2O. The van der Waals surface area contributed by atoms with Crippen molar-refractivity contribution in [1.29, 1.82) is 0 Å². The Morgan fingerprint density at radius 1 is 1.16 bits per heavy atom. The van der Waals surface area contributed by atoms with Crippen LogP contribution in [0.3, 0.4) is 0 Å².